The average Bonchev–Trinajstić information content (AvgIpc) is 2.82. The first-order chi connectivity index (χ1) is 11.9. The molecule has 2 aromatic carbocycles. The second kappa shape index (κ2) is 6.89. The van der Waals surface area contributed by atoms with Crippen LogP contribution < -0.4 is 0 Å². The molecule has 25 heavy (non-hydrogen) atoms. The molecule has 0 saturated carbocycles. The van der Waals surface area contributed by atoms with Crippen molar-refractivity contribution in [2.45, 2.75) is 26.4 Å². The van der Waals surface area contributed by atoms with Crippen LogP contribution in [-0.2, 0) is 11.3 Å². The zero-order valence-electron chi connectivity index (χ0n) is 14.0. The van der Waals surface area contributed by atoms with Gasteiger partial charge in [-0.25, -0.2) is 4.39 Å². The molecule has 0 aromatic heterocycles. The molecular formula is C20H19ClFNO2. The van der Waals surface area contributed by atoms with Gasteiger partial charge in [-0.1, -0.05) is 49.7 Å². The first kappa shape index (κ1) is 17.5. The number of carbonyl (C=O) groups is 1. The van der Waals surface area contributed by atoms with Gasteiger partial charge in [-0.3, -0.25) is 4.79 Å². The van der Waals surface area contributed by atoms with Crippen LogP contribution in [-0.4, -0.2) is 15.9 Å². The lowest BCUT2D eigenvalue weighted by Gasteiger charge is -2.28. The number of aliphatic hydroxyl groups is 1. The third-order valence-electron chi connectivity index (χ3n) is 4.42. The fourth-order valence-corrected chi connectivity index (χ4v) is 3.34. The molecule has 1 unspecified atom stereocenters. The van der Waals surface area contributed by atoms with Crippen LogP contribution in [0.25, 0.3) is 0 Å². The molecule has 2 aromatic rings. The Hall–Kier alpha value is -2.33. The number of hydrogen-bond donors (Lipinski definition) is 1. The van der Waals surface area contributed by atoms with Gasteiger partial charge in [0.2, 0.25) is 0 Å². The van der Waals surface area contributed by atoms with E-state index in [-0.39, 0.29) is 17.5 Å². The van der Waals surface area contributed by atoms with Gasteiger partial charge in [-0.2, -0.15) is 0 Å². The van der Waals surface area contributed by atoms with Gasteiger partial charge in [-0.15, -0.1) is 0 Å². The molecule has 0 aliphatic carbocycles. The Bertz CT molecular complexity index is 813. The lowest BCUT2D eigenvalue weighted by atomic mass is 9.91. The zero-order valence-corrected chi connectivity index (χ0v) is 14.8. The van der Waals surface area contributed by atoms with Crippen LogP contribution in [0.5, 0.6) is 0 Å². The molecule has 0 spiro atoms. The van der Waals surface area contributed by atoms with Crippen LogP contribution in [0.15, 0.2) is 59.9 Å². The van der Waals surface area contributed by atoms with Crippen LogP contribution in [0.4, 0.5) is 4.39 Å². The highest BCUT2D eigenvalue weighted by Gasteiger charge is 2.41. The van der Waals surface area contributed by atoms with E-state index in [4.69, 9.17) is 11.6 Å². The first-order valence-electron chi connectivity index (χ1n) is 8.12. The molecule has 1 heterocycles. The van der Waals surface area contributed by atoms with E-state index in [9.17, 15) is 14.3 Å². The fraction of sp³-hybridized carbons (Fsp3) is 0.250. The molecule has 0 bridgehead atoms. The van der Waals surface area contributed by atoms with E-state index in [0.717, 1.165) is 11.1 Å². The number of nitrogens with zero attached hydrogens (tertiary/aromatic N) is 1. The van der Waals surface area contributed by atoms with Gasteiger partial charge in [0, 0.05) is 17.1 Å². The van der Waals surface area contributed by atoms with Crippen molar-refractivity contribution in [1.29, 1.82) is 0 Å². The highest BCUT2D eigenvalue weighted by atomic mass is 35.5. The van der Waals surface area contributed by atoms with Crippen molar-refractivity contribution < 1.29 is 14.3 Å². The minimum absolute atomic E-state index is 0.0192. The quantitative estimate of drug-likeness (QED) is 0.831. The second-order valence-corrected chi connectivity index (χ2v) is 6.91. The van der Waals surface area contributed by atoms with Crippen molar-refractivity contribution in [2.75, 3.05) is 0 Å². The minimum Gasteiger partial charge on any atom is -0.503 e. The van der Waals surface area contributed by atoms with Crippen molar-refractivity contribution in [2.24, 2.45) is 5.92 Å². The number of amides is 1. The average molecular weight is 360 g/mol. The summed E-state index contributed by atoms with van der Waals surface area (Å²) in [4.78, 5) is 14.3. The number of hydrogen-bond acceptors (Lipinski definition) is 2. The fourth-order valence-electron chi connectivity index (χ4n) is 3.22. The number of rotatable bonds is 4. The lowest BCUT2D eigenvalue weighted by molar-refractivity contribution is -0.130. The SMILES string of the molecule is CC(C)C1=C(O)C(=O)N(Cc2ccc(Cl)cc2)C1c1ccc(F)cc1. The van der Waals surface area contributed by atoms with Gasteiger partial charge in [0.05, 0.1) is 6.04 Å². The first-order valence-corrected chi connectivity index (χ1v) is 8.50. The summed E-state index contributed by atoms with van der Waals surface area (Å²) < 4.78 is 13.3. The molecule has 3 nitrogen and oxygen atoms in total. The standard InChI is InChI=1S/C20H19ClFNO2/c1-12(2)17-18(14-5-9-16(22)10-6-14)23(20(25)19(17)24)11-13-3-7-15(21)8-4-13/h3-10,12,18,24H,11H2,1-2H3. The molecular weight excluding hydrogens is 341 g/mol. The Morgan fingerprint density at radius 2 is 1.72 bits per heavy atom. The summed E-state index contributed by atoms with van der Waals surface area (Å²) in [5, 5.41) is 11.0. The summed E-state index contributed by atoms with van der Waals surface area (Å²) in [6, 6.07) is 12.9. The molecule has 1 aliphatic rings. The van der Waals surface area contributed by atoms with E-state index in [1.807, 2.05) is 26.0 Å². The Kier molecular flexibility index (Phi) is 4.82. The Balaban J connectivity index is 2.01. The topological polar surface area (TPSA) is 40.5 Å². The van der Waals surface area contributed by atoms with Crippen LogP contribution in [0.1, 0.15) is 31.0 Å². The van der Waals surface area contributed by atoms with Crippen LogP contribution in [0.2, 0.25) is 5.02 Å². The highest BCUT2D eigenvalue weighted by Crippen LogP contribution is 2.41. The largest absolute Gasteiger partial charge is 0.503 e. The molecule has 1 atom stereocenters. The summed E-state index contributed by atoms with van der Waals surface area (Å²) in [6.07, 6.45) is 0. The van der Waals surface area contributed by atoms with E-state index < -0.39 is 11.9 Å². The van der Waals surface area contributed by atoms with E-state index in [1.165, 1.54) is 12.1 Å². The Morgan fingerprint density at radius 1 is 1.12 bits per heavy atom. The smallest absolute Gasteiger partial charge is 0.289 e. The van der Waals surface area contributed by atoms with Gasteiger partial charge in [0.15, 0.2) is 5.76 Å². The molecule has 3 rings (SSSR count). The highest BCUT2D eigenvalue weighted by molar-refractivity contribution is 6.30. The van der Waals surface area contributed by atoms with E-state index in [1.54, 1.807) is 29.2 Å². The van der Waals surface area contributed by atoms with Gasteiger partial charge in [0.1, 0.15) is 5.82 Å². The summed E-state index contributed by atoms with van der Waals surface area (Å²) in [5.41, 5.74) is 2.34. The predicted octanol–water partition coefficient (Wildman–Crippen LogP) is 5.03. The molecule has 1 N–H and O–H groups in total. The van der Waals surface area contributed by atoms with Crippen molar-refractivity contribution >= 4 is 17.5 Å². The number of aliphatic hydroxyl groups excluding tert-OH is 1. The predicted molar refractivity (Wildman–Crippen MR) is 95.6 cm³/mol. The molecule has 5 heteroatoms. The second-order valence-electron chi connectivity index (χ2n) is 6.47. The number of carbonyl (C=O) groups excluding carboxylic acids is 1. The summed E-state index contributed by atoms with van der Waals surface area (Å²) >= 11 is 5.92. The normalized spacial score (nSPS) is 17.7. The molecule has 1 aliphatic heterocycles. The van der Waals surface area contributed by atoms with Crippen molar-refractivity contribution in [3.63, 3.8) is 0 Å². The van der Waals surface area contributed by atoms with Gasteiger partial charge in [0.25, 0.3) is 5.91 Å². The summed E-state index contributed by atoms with van der Waals surface area (Å²) in [5.74, 6) is -0.975. The molecule has 0 saturated heterocycles. The van der Waals surface area contributed by atoms with E-state index >= 15 is 0 Å². The van der Waals surface area contributed by atoms with Crippen LogP contribution in [0.3, 0.4) is 0 Å². The molecule has 130 valence electrons. The van der Waals surface area contributed by atoms with Crippen molar-refractivity contribution in [3.8, 4) is 0 Å². The third-order valence-corrected chi connectivity index (χ3v) is 4.67. The maximum atomic E-state index is 13.3. The van der Waals surface area contributed by atoms with Crippen LogP contribution >= 0.6 is 11.6 Å². The third kappa shape index (κ3) is 3.40. The summed E-state index contributed by atoms with van der Waals surface area (Å²) in [7, 11) is 0. The van der Waals surface area contributed by atoms with E-state index in [2.05, 4.69) is 0 Å². The molecule has 0 radical (unpaired) electrons. The van der Waals surface area contributed by atoms with Crippen molar-refractivity contribution in [1.82, 2.24) is 4.90 Å². The maximum absolute atomic E-state index is 13.3. The van der Waals surface area contributed by atoms with Crippen LogP contribution in [0, 0.1) is 11.7 Å². The Labute approximate surface area is 151 Å². The van der Waals surface area contributed by atoms with E-state index in [0.29, 0.717) is 17.1 Å². The van der Waals surface area contributed by atoms with Crippen molar-refractivity contribution in [3.05, 3.63) is 81.8 Å². The minimum atomic E-state index is -0.413. The molecule has 0 fully saturated rings. The maximum Gasteiger partial charge on any atom is 0.289 e. The lowest BCUT2D eigenvalue weighted by Crippen LogP contribution is -2.30. The monoisotopic (exact) mass is 359 g/mol. The number of benzene rings is 2. The molecule has 1 amide bonds. The number of halogens is 2. The summed E-state index contributed by atoms with van der Waals surface area (Å²) in [6.45, 7) is 4.20. The van der Waals surface area contributed by atoms with Gasteiger partial charge in [-0.05, 0) is 41.3 Å². The Morgan fingerprint density at radius 3 is 2.28 bits per heavy atom. The van der Waals surface area contributed by atoms with Gasteiger partial charge >= 0.3 is 0 Å². The zero-order chi connectivity index (χ0) is 18.1. The van der Waals surface area contributed by atoms with Gasteiger partial charge < -0.3 is 10.0 Å².